The van der Waals surface area contributed by atoms with E-state index in [-0.39, 0.29) is 11.5 Å². The van der Waals surface area contributed by atoms with Gasteiger partial charge in [0, 0.05) is 12.4 Å². The summed E-state index contributed by atoms with van der Waals surface area (Å²) in [6, 6.07) is 20.9. The number of hydrogen-bond acceptors (Lipinski definition) is 5. The SMILES string of the molecule is CCCCc1ccccc1.CCN(CCCCS(N)(=O)=O)Cc1ccccc1.NS(=O)(=O)CCCCCl. The zero-order valence-corrected chi connectivity index (χ0v) is 24.8. The van der Waals surface area contributed by atoms with Gasteiger partial charge in [-0.15, -0.1) is 11.6 Å². The molecule has 0 aliphatic heterocycles. The van der Waals surface area contributed by atoms with Crippen LogP contribution in [0.1, 0.15) is 63.5 Å². The molecular formula is C27H46ClN3O4S2. The predicted molar refractivity (Wildman–Crippen MR) is 158 cm³/mol. The Balaban J connectivity index is 0.000000577. The highest BCUT2D eigenvalue weighted by molar-refractivity contribution is 7.89. The first-order valence-electron chi connectivity index (χ1n) is 12.9. The number of sulfonamides is 2. The Morgan fingerprint density at radius 3 is 1.62 bits per heavy atom. The fourth-order valence-electron chi connectivity index (χ4n) is 3.25. The molecule has 212 valence electrons. The second-order valence-electron chi connectivity index (χ2n) is 8.78. The van der Waals surface area contributed by atoms with Crippen LogP contribution in [0.15, 0.2) is 60.7 Å². The van der Waals surface area contributed by atoms with E-state index >= 15 is 0 Å². The van der Waals surface area contributed by atoms with Crippen LogP contribution in [0.4, 0.5) is 0 Å². The lowest BCUT2D eigenvalue weighted by Crippen LogP contribution is -2.25. The standard InChI is InChI=1S/C13H22N2O2S.C10H14.C4H10ClNO2S/c1-2-15(10-6-7-11-18(14,16)17)12-13-8-4-3-5-9-13;1-2-3-7-10-8-5-4-6-9-10;5-3-1-2-4-9(6,7)8/h3-5,8-9H,2,6-7,10-12H2,1H3,(H2,14,16,17);4-6,8-9H,2-3,7H2,1H3;1-4H2,(H2,6,7,8). The number of rotatable bonds is 15. The molecule has 0 aromatic heterocycles. The molecule has 0 atom stereocenters. The lowest BCUT2D eigenvalue weighted by molar-refractivity contribution is 0.275. The Bertz CT molecular complexity index is 1010. The van der Waals surface area contributed by atoms with Crippen LogP contribution in [0, 0.1) is 0 Å². The molecule has 7 nitrogen and oxygen atoms in total. The minimum atomic E-state index is -3.31. The molecule has 0 bridgehead atoms. The summed E-state index contributed by atoms with van der Waals surface area (Å²) >= 11 is 5.29. The molecule has 10 heteroatoms. The van der Waals surface area contributed by atoms with Gasteiger partial charge in [0.25, 0.3) is 0 Å². The third kappa shape index (κ3) is 24.6. The van der Waals surface area contributed by atoms with Crippen molar-refractivity contribution in [1.82, 2.24) is 4.90 Å². The van der Waals surface area contributed by atoms with Crippen LogP contribution in [0.25, 0.3) is 0 Å². The van der Waals surface area contributed by atoms with Gasteiger partial charge in [0.2, 0.25) is 20.0 Å². The summed E-state index contributed by atoms with van der Waals surface area (Å²) < 4.78 is 42.1. The highest BCUT2D eigenvalue weighted by Gasteiger charge is 2.06. The number of unbranched alkanes of at least 4 members (excludes halogenated alkanes) is 3. The van der Waals surface area contributed by atoms with Gasteiger partial charge >= 0.3 is 0 Å². The predicted octanol–water partition coefficient (Wildman–Crippen LogP) is 4.90. The molecule has 0 heterocycles. The van der Waals surface area contributed by atoms with Crippen LogP contribution in [-0.4, -0.2) is 52.2 Å². The van der Waals surface area contributed by atoms with Crippen LogP contribution < -0.4 is 10.3 Å². The lowest BCUT2D eigenvalue weighted by Gasteiger charge is -2.20. The average Bonchev–Trinajstić information content (AvgIpc) is 2.85. The van der Waals surface area contributed by atoms with Crippen molar-refractivity contribution in [2.45, 2.75) is 65.3 Å². The smallest absolute Gasteiger partial charge is 0.209 e. The third-order valence-corrected chi connectivity index (χ3v) is 7.31. The van der Waals surface area contributed by atoms with Crippen LogP contribution in [0.2, 0.25) is 0 Å². The Labute approximate surface area is 230 Å². The van der Waals surface area contributed by atoms with E-state index in [2.05, 4.69) is 61.2 Å². The van der Waals surface area contributed by atoms with Gasteiger partial charge in [-0.2, -0.15) is 0 Å². The molecule has 0 saturated heterocycles. The minimum absolute atomic E-state index is 0.0414. The van der Waals surface area contributed by atoms with E-state index < -0.39 is 20.0 Å². The van der Waals surface area contributed by atoms with Crippen molar-refractivity contribution < 1.29 is 16.8 Å². The van der Waals surface area contributed by atoms with E-state index in [4.69, 9.17) is 21.9 Å². The van der Waals surface area contributed by atoms with E-state index in [0.29, 0.717) is 25.1 Å². The van der Waals surface area contributed by atoms with Crippen molar-refractivity contribution >= 4 is 31.6 Å². The number of nitrogens with zero attached hydrogens (tertiary/aromatic N) is 1. The molecule has 0 radical (unpaired) electrons. The molecule has 0 amide bonds. The maximum atomic E-state index is 10.8. The highest BCUT2D eigenvalue weighted by atomic mass is 35.5. The molecule has 0 spiro atoms. The van der Waals surface area contributed by atoms with Gasteiger partial charge < -0.3 is 0 Å². The summed E-state index contributed by atoms with van der Waals surface area (Å²) in [7, 11) is -6.56. The third-order valence-electron chi connectivity index (χ3n) is 5.32. The maximum absolute atomic E-state index is 10.8. The summed E-state index contributed by atoms with van der Waals surface area (Å²) in [4.78, 5) is 2.30. The van der Waals surface area contributed by atoms with Crippen molar-refractivity contribution in [2.24, 2.45) is 10.3 Å². The van der Waals surface area contributed by atoms with Gasteiger partial charge in [0.15, 0.2) is 0 Å². The Kier molecular flexibility index (Phi) is 20.6. The molecule has 2 aromatic carbocycles. The molecule has 2 rings (SSSR count). The zero-order valence-electron chi connectivity index (χ0n) is 22.4. The average molecular weight is 576 g/mol. The largest absolute Gasteiger partial charge is 0.299 e. The quantitative estimate of drug-likeness (QED) is 0.231. The van der Waals surface area contributed by atoms with Crippen LogP contribution in [-0.2, 0) is 33.0 Å². The molecule has 0 fully saturated rings. The molecule has 4 N–H and O–H groups in total. The molecule has 2 aromatic rings. The van der Waals surface area contributed by atoms with E-state index in [1.165, 1.54) is 30.4 Å². The monoisotopic (exact) mass is 575 g/mol. The number of hydrogen-bond donors (Lipinski definition) is 2. The van der Waals surface area contributed by atoms with Gasteiger partial charge in [0.05, 0.1) is 11.5 Å². The Morgan fingerprint density at radius 2 is 1.19 bits per heavy atom. The topological polar surface area (TPSA) is 124 Å². The first-order chi connectivity index (χ1) is 17.5. The number of alkyl halides is 1. The van der Waals surface area contributed by atoms with Crippen molar-refractivity contribution in [2.75, 3.05) is 30.5 Å². The van der Waals surface area contributed by atoms with Crippen LogP contribution in [0.5, 0.6) is 0 Å². The molecule has 37 heavy (non-hydrogen) atoms. The lowest BCUT2D eigenvalue weighted by atomic mass is 10.1. The number of aryl methyl sites for hydroxylation is 1. The molecule has 0 aliphatic carbocycles. The molecule has 0 aliphatic rings. The van der Waals surface area contributed by atoms with E-state index in [0.717, 1.165) is 26.1 Å². The number of primary sulfonamides is 2. The number of benzene rings is 2. The Morgan fingerprint density at radius 1 is 0.703 bits per heavy atom. The molecule has 0 saturated carbocycles. The fraction of sp³-hybridized carbons (Fsp3) is 0.556. The normalized spacial score (nSPS) is 11.3. The van der Waals surface area contributed by atoms with Gasteiger partial charge in [0.1, 0.15) is 0 Å². The van der Waals surface area contributed by atoms with Crippen LogP contribution in [0.3, 0.4) is 0 Å². The summed E-state index contributed by atoms with van der Waals surface area (Å²) in [6.07, 6.45) is 6.58. The number of halogens is 1. The van der Waals surface area contributed by atoms with Crippen molar-refractivity contribution in [1.29, 1.82) is 0 Å². The van der Waals surface area contributed by atoms with Crippen molar-refractivity contribution in [3.05, 3.63) is 71.8 Å². The van der Waals surface area contributed by atoms with E-state index in [9.17, 15) is 16.8 Å². The fourth-order valence-corrected chi connectivity index (χ4v) is 4.65. The summed E-state index contributed by atoms with van der Waals surface area (Å²) in [5.74, 6) is 0.616. The number of nitrogens with two attached hydrogens (primary N) is 2. The molecule has 0 unspecified atom stereocenters. The highest BCUT2D eigenvalue weighted by Crippen LogP contribution is 2.06. The van der Waals surface area contributed by atoms with Gasteiger partial charge in [-0.05, 0) is 62.7 Å². The summed E-state index contributed by atoms with van der Waals surface area (Å²) in [5.41, 5.74) is 2.75. The summed E-state index contributed by atoms with van der Waals surface area (Å²) in [5, 5.41) is 9.67. The summed E-state index contributed by atoms with van der Waals surface area (Å²) in [6.45, 7) is 7.11. The van der Waals surface area contributed by atoms with Gasteiger partial charge in [-0.3, -0.25) is 4.90 Å². The van der Waals surface area contributed by atoms with Crippen LogP contribution >= 0.6 is 11.6 Å². The van der Waals surface area contributed by atoms with Gasteiger partial charge in [-0.25, -0.2) is 27.1 Å². The first kappa shape index (κ1) is 35.5. The maximum Gasteiger partial charge on any atom is 0.209 e. The molecular weight excluding hydrogens is 530 g/mol. The van der Waals surface area contributed by atoms with Crippen molar-refractivity contribution in [3.63, 3.8) is 0 Å². The second kappa shape index (κ2) is 21.4. The van der Waals surface area contributed by atoms with E-state index in [1.54, 1.807) is 0 Å². The minimum Gasteiger partial charge on any atom is -0.299 e. The zero-order chi connectivity index (χ0) is 28.0. The van der Waals surface area contributed by atoms with Gasteiger partial charge in [-0.1, -0.05) is 80.9 Å². The van der Waals surface area contributed by atoms with E-state index in [1.807, 2.05) is 18.2 Å². The second-order valence-corrected chi connectivity index (χ2v) is 12.6. The first-order valence-corrected chi connectivity index (χ1v) is 16.8. The van der Waals surface area contributed by atoms with Crippen molar-refractivity contribution in [3.8, 4) is 0 Å². The Hall–Kier alpha value is -1.49.